The van der Waals surface area contributed by atoms with Crippen molar-refractivity contribution in [2.45, 2.75) is 6.04 Å². The first-order valence-electron chi connectivity index (χ1n) is 9.31. The number of ether oxygens (including phenoxy) is 1. The summed E-state index contributed by atoms with van der Waals surface area (Å²) in [5.41, 5.74) is 0.959. The molecule has 0 radical (unpaired) electrons. The second-order valence-corrected chi connectivity index (χ2v) is 7.97. The molecule has 0 aliphatic carbocycles. The van der Waals surface area contributed by atoms with Crippen LogP contribution in [0.3, 0.4) is 0 Å². The predicted octanol–water partition coefficient (Wildman–Crippen LogP) is 4.99. The van der Waals surface area contributed by atoms with Crippen molar-refractivity contribution in [3.63, 3.8) is 0 Å². The number of amides is 1. The SMILES string of the molecule is C=CCOc1cccc(C2C(=C(O)c3ccc(Cl)cc3)C(=O)C(=O)N2c2nccs2)c1. The largest absolute Gasteiger partial charge is 0.507 e. The zero-order valence-electron chi connectivity index (χ0n) is 16.2. The van der Waals surface area contributed by atoms with Crippen LogP contribution in [-0.4, -0.2) is 28.4 Å². The summed E-state index contributed by atoms with van der Waals surface area (Å²) in [6, 6.07) is 12.6. The second-order valence-electron chi connectivity index (χ2n) is 6.66. The average Bonchev–Trinajstić information content (AvgIpc) is 3.39. The van der Waals surface area contributed by atoms with Crippen LogP contribution in [0.15, 0.2) is 78.3 Å². The third-order valence-electron chi connectivity index (χ3n) is 4.73. The van der Waals surface area contributed by atoms with Gasteiger partial charge in [0.25, 0.3) is 5.78 Å². The topological polar surface area (TPSA) is 79.7 Å². The van der Waals surface area contributed by atoms with Gasteiger partial charge in [-0.3, -0.25) is 14.5 Å². The minimum Gasteiger partial charge on any atom is -0.507 e. The first kappa shape index (κ1) is 20.8. The van der Waals surface area contributed by atoms with Crippen LogP contribution in [0.5, 0.6) is 5.75 Å². The monoisotopic (exact) mass is 452 g/mol. The number of rotatable bonds is 6. The molecule has 1 N–H and O–H groups in total. The molecule has 1 atom stereocenters. The highest BCUT2D eigenvalue weighted by molar-refractivity contribution is 7.14. The highest BCUT2D eigenvalue weighted by atomic mass is 35.5. The van der Waals surface area contributed by atoms with Gasteiger partial charge in [0.1, 0.15) is 18.1 Å². The molecule has 0 spiro atoms. The summed E-state index contributed by atoms with van der Waals surface area (Å²) < 4.78 is 5.62. The molecule has 8 heteroatoms. The zero-order valence-corrected chi connectivity index (χ0v) is 17.8. The molecule has 1 fully saturated rings. The van der Waals surface area contributed by atoms with Crippen molar-refractivity contribution in [3.05, 3.63) is 94.5 Å². The lowest BCUT2D eigenvalue weighted by molar-refractivity contribution is -0.132. The minimum atomic E-state index is -0.867. The van der Waals surface area contributed by atoms with Crippen LogP contribution in [0.1, 0.15) is 17.2 Å². The van der Waals surface area contributed by atoms with Crippen molar-refractivity contribution in [2.24, 2.45) is 0 Å². The van der Waals surface area contributed by atoms with Crippen LogP contribution in [-0.2, 0) is 9.59 Å². The highest BCUT2D eigenvalue weighted by Crippen LogP contribution is 2.43. The number of anilines is 1. The molecule has 3 aromatic rings. The van der Waals surface area contributed by atoms with Gasteiger partial charge in [-0.15, -0.1) is 11.3 Å². The van der Waals surface area contributed by atoms with Gasteiger partial charge in [-0.25, -0.2) is 4.98 Å². The Bertz CT molecular complexity index is 1170. The van der Waals surface area contributed by atoms with E-state index in [1.165, 1.54) is 16.2 Å². The summed E-state index contributed by atoms with van der Waals surface area (Å²) in [6.07, 6.45) is 3.17. The van der Waals surface area contributed by atoms with E-state index in [0.717, 1.165) is 0 Å². The van der Waals surface area contributed by atoms with Crippen molar-refractivity contribution >= 4 is 45.5 Å². The number of ketones is 1. The molecule has 1 unspecified atom stereocenters. The summed E-state index contributed by atoms with van der Waals surface area (Å²) in [4.78, 5) is 31.5. The van der Waals surface area contributed by atoms with Gasteiger partial charge in [0.15, 0.2) is 5.13 Å². The van der Waals surface area contributed by atoms with Crippen molar-refractivity contribution in [1.29, 1.82) is 0 Å². The maximum atomic E-state index is 13.0. The Morgan fingerprint density at radius 1 is 1.26 bits per heavy atom. The third kappa shape index (κ3) is 3.97. The van der Waals surface area contributed by atoms with E-state index in [9.17, 15) is 14.7 Å². The molecule has 1 aliphatic rings. The first-order chi connectivity index (χ1) is 15.0. The van der Waals surface area contributed by atoms with E-state index in [1.54, 1.807) is 66.2 Å². The molecule has 156 valence electrons. The Morgan fingerprint density at radius 2 is 2.03 bits per heavy atom. The number of carbonyl (C=O) groups is 2. The van der Waals surface area contributed by atoms with Gasteiger partial charge in [0.2, 0.25) is 0 Å². The first-order valence-corrected chi connectivity index (χ1v) is 10.6. The van der Waals surface area contributed by atoms with Crippen LogP contribution in [0.2, 0.25) is 5.02 Å². The highest BCUT2D eigenvalue weighted by Gasteiger charge is 2.48. The van der Waals surface area contributed by atoms with Crippen LogP contribution in [0, 0.1) is 0 Å². The lowest BCUT2D eigenvalue weighted by Crippen LogP contribution is -2.29. The van der Waals surface area contributed by atoms with E-state index < -0.39 is 17.7 Å². The van der Waals surface area contributed by atoms with Gasteiger partial charge < -0.3 is 9.84 Å². The summed E-state index contributed by atoms with van der Waals surface area (Å²) >= 11 is 7.18. The molecule has 1 aromatic heterocycles. The fourth-order valence-corrected chi connectivity index (χ4v) is 4.17. The zero-order chi connectivity index (χ0) is 22.0. The van der Waals surface area contributed by atoms with Gasteiger partial charge in [-0.1, -0.05) is 36.4 Å². The van der Waals surface area contributed by atoms with E-state index in [0.29, 0.717) is 33.6 Å². The standard InChI is InChI=1S/C23H17ClN2O4S/c1-2-11-30-17-5-3-4-15(13-17)19-18(20(27)14-6-8-16(24)9-7-14)21(28)22(29)26(19)23-25-10-12-31-23/h2-10,12-13,19,27H,1,11H2. The Kier molecular flexibility index (Phi) is 5.88. The number of aliphatic hydroxyl groups excluding tert-OH is 1. The van der Waals surface area contributed by atoms with E-state index in [2.05, 4.69) is 11.6 Å². The van der Waals surface area contributed by atoms with E-state index >= 15 is 0 Å². The lowest BCUT2D eigenvalue weighted by Gasteiger charge is -2.23. The average molecular weight is 453 g/mol. The van der Waals surface area contributed by atoms with Crippen molar-refractivity contribution in [1.82, 2.24) is 4.98 Å². The maximum absolute atomic E-state index is 13.0. The molecule has 2 heterocycles. The summed E-state index contributed by atoms with van der Waals surface area (Å²) in [5, 5.41) is 13.6. The maximum Gasteiger partial charge on any atom is 0.301 e. The molecule has 31 heavy (non-hydrogen) atoms. The molecule has 1 saturated heterocycles. The number of thiazole rings is 1. The van der Waals surface area contributed by atoms with Gasteiger partial charge in [-0.05, 0) is 42.0 Å². The number of halogens is 1. The summed E-state index contributed by atoms with van der Waals surface area (Å²) in [7, 11) is 0. The van der Waals surface area contributed by atoms with Gasteiger partial charge >= 0.3 is 5.91 Å². The smallest absolute Gasteiger partial charge is 0.301 e. The number of aliphatic hydroxyl groups is 1. The number of carbonyl (C=O) groups excluding carboxylic acids is 2. The molecular formula is C23H17ClN2O4S. The van der Waals surface area contributed by atoms with E-state index in [4.69, 9.17) is 16.3 Å². The molecule has 0 bridgehead atoms. The number of benzene rings is 2. The lowest BCUT2D eigenvalue weighted by atomic mass is 9.95. The molecular weight excluding hydrogens is 436 g/mol. The fraction of sp³-hybridized carbons (Fsp3) is 0.0870. The van der Waals surface area contributed by atoms with Crippen LogP contribution >= 0.6 is 22.9 Å². The molecule has 1 amide bonds. The fourth-order valence-electron chi connectivity index (χ4n) is 3.37. The van der Waals surface area contributed by atoms with Crippen molar-refractivity contribution in [2.75, 3.05) is 11.5 Å². The quantitative estimate of drug-likeness (QED) is 0.247. The summed E-state index contributed by atoms with van der Waals surface area (Å²) in [5.74, 6) is -1.27. The Balaban J connectivity index is 1.89. The Labute approximate surface area is 187 Å². The minimum absolute atomic E-state index is 0.0246. The van der Waals surface area contributed by atoms with Crippen molar-refractivity contribution in [3.8, 4) is 5.75 Å². The van der Waals surface area contributed by atoms with Crippen LogP contribution < -0.4 is 9.64 Å². The summed E-state index contributed by atoms with van der Waals surface area (Å²) in [6.45, 7) is 3.94. The number of Topliss-reactive ketones (excluding diaryl/α,β-unsaturated/α-hetero) is 1. The van der Waals surface area contributed by atoms with E-state index in [-0.39, 0.29) is 11.3 Å². The third-order valence-corrected chi connectivity index (χ3v) is 5.75. The molecule has 1 aliphatic heterocycles. The molecule has 2 aromatic carbocycles. The van der Waals surface area contributed by atoms with Crippen LogP contribution in [0.25, 0.3) is 5.76 Å². The molecule has 6 nitrogen and oxygen atoms in total. The second kappa shape index (κ2) is 8.75. The number of hydrogen-bond donors (Lipinski definition) is 1. The number of aromatic nitrogens is 1. The van der Waals surface area contributed by atoms with Crippen molar-refractivity contribution < 1.29 is 19.4 Å². The van der Waals surface area contributed by atoms with Gasteiger partial charge in [0.05, 0.1) is 11.6 Å². The normalized spacial score (nSPS) is 17.7. The number of nitrogens with zero attached hydrogens (tertiary/aromatic N) is 2. The Hall–Kier alpha value is -3.42. The number of hydrogen-bond acceptors (Lipinski definition) is 6. The van der Waals surface area contributed by atoms with Gasteiger partial charge in [0, 0.05) is 22.2 Å². The van der Waals surface area contributed by atoms with Gasteiger partial charge in [-0.2, -0.15) is 0 Å². The predicted molar refractivity (Wildman–Crippen MR) is 120 cm³/mol. The Morgan fingerprint density at radius 3 is 2.71 bits per heavy atom. The van der Waals surface area contributed by atoms with E-state index in [1.807, 2.05) is 0 Å². The molecule has 0 saturated carbocycles. The molecule has 4 rings (SSSR count). The van der Waals surface area contributed by atoms with Crippen LogP contribution in [0.4, 0.5) is 5.13 Å².